The van der Waals surface area contributed by atoms with Crippen molar-refractivity contribution < 1.29 is 21.6 Å². The van der Waals surface area contributed by atoms with Crippen LogP contribution in [0.4, 0.5) is 13.2 Å². The van der Waals surface area contributed by atoms with E-state index in [0.29, 0.717) is 25.9 Å². The molecule has 1 aliphatic rings. The SMILES string of the molecule is Cn1c(C[C@H]2CCN(S(=O)(=O)c3ccc(C(F)(F)F)cc3)C2)nc2cccnc21. The Hall–Kier alpha value is -2.46. The van der Waals surface area contributed by atoms with Crippen molar-refractivity contribution in [3.8, 4) is 0 Å². The normalized spacial score (nSPS) is 18.6. The standard InChI is InChI=1S/C19H19F3N4O2S/c1-25-17(24-16-3-2-9-23-18(16)25)11-13-8-10-26(12-13)29(27,28)15-6-4-14(5-7-15)19(20,21)22/h2-7,9,13H,8,10-12H2,1H3/t13-/m1/s1. The number of hydrogen-bond acceptors (Lipinski definition) is 4. The molecule has 0 unspecified atom stereocenters. The third-order valence-corrected chi connectivity index (χ3v) is 7.14. The van der Waals surface area contributed by atoms with Crippen LogP contribution in [0.3, 0.4) is 0 Å². The van der Waals surface area contributed by atoms with Crippen molar-refractivity contribution in [2.75, 3.05) is 13.1 Å². The molecular formula is C19H19F3N4O2S. The number of fused-ring (bicyclic) bond motifs is 1. The molecule has 0 aliphatic carbocycles. The van der Waals surface area contributed by atoms with Gasteiger partial charge in [-0.05, 0) is 48.7 Å². The zero-order valence-corrected chi connectivity index (χ0v) is 16.4. The quantitative estimate of drug-likeness (QED) is 0.645. The van der Waals surface area contributed by atoms with E-state index in [0.717, 1.165) is 41.3 Å². The number of nitrogens with zero attached hydrogens (tertiary/aromatic N) is 4. The molecule has 2 aromatic heterocycles. The second-order valence-corrected chi connectivity index (χ2v) is 9.12. The lowest BCUT2D eigenvalue weighted by molar-refractivity contribution is -0.137. The van der Waals surface area contributed by atoms with Crippen LogP contribution in [0.1, 0.15) is 17.8 Å². The highest BCUT2D eigenvalue weighted by Crippen LogP contribution is 2.31. The molecule has 1 fully saturated rings. The molecule has 6 nitrogen and oxygen atoms in total. The summed E-state index contributed by atoms with van der Waals surface area (Å²) in [6.45, 7) is 0.635. The molecule has 10 heteroatoms. The topological polar surface area (TPSA) is 68.1 Å². The highest BCUT2D eigenvalue weighted by molar-refractivity contribution is 7.89. The Morgan fingerprint density at radius 1 is 1.17 bits per heavy atom. The first-order chi connectivity index (χ1) is 13.7. The Morgan fingerprint density at radius 3 is 2.55 bits per heavy atom. The minimum Gasteiger partial charge on any atom is -0.316 e. The van der Waals surface area contributed by atoms with Crippen LogP contribution < -0.4 is 0 Å². The number of aromatic nitrogens is 3. The third-order valence-electron chi connectivity index (χ3n) is 5.26. The molecule has 0 saturated carbocycles. The fourth-order valence-corrected chi connectivity index (χ4v) is 5.19. The van der Waals surface area contributed by atoms with Gasteiger partial charge in [0.2, 0.25) is 10.0 Å². The van der Waals surface area contributed by atoms with Crippen molar-refractivity contribution in [1.29, 1.82) is 0 Å². The van der Waals surface area contributed by atoms with Gasteiger partial charge in [0, 0.05) is 32.8 Å². The highest BCUT2D eigenvalue weighted by atomic mass is 32.2. The molecule has 1 aliphatic heterocycles. The third kappa shape index (κ3) is 3.74. The van der Waals surface area contributed by atoms with Gasteiger partial charge in [0.25, 0.3) is 0 Å². The van der Waals surface area contributed by atoms with Crippen LogP contribution in [0.25, 0.3) is 11.2 Å². The van der Waals surface area contributed by atoms with Crippen molar-refractivity contribution in [1.82, 2.24) is 18.8 Å². The maximum Gasteiger partial charge on any atom is 0.416 e. The van der Waals surface area contributed by atoms with Gasteiger partial charge in [0.1, 0.15) is 11.3 Å². The van der Waals surface area contributed by atoms with Gasteiger partial charge in [0.05, 0.1) is 10.5 Å². The van der Waals surface area contributed by atoms with Crippen molar-refractivity contribution in [2.24, 2.45) is 13.0 Å². The first-order valence-corrected chi connectivity index (χ1v) is 10.5. The first-order valence-electron chi connectivity index (χ1n) is 9.10. The van der Waals surface area contributed by atoms with Gasteiger partial charge >= 0.3 is 6.18 Å². The number of sulfonamides is 1. The smallest absolute Gasteiger partial charge is 0.316 e. The average molecular weight is 424 g/mol. The molecule has 0 N–H and O–H groups in total. The number of benzene rings is 1. The Kier molecular flexibility index (Phi) is 4.86. The van der Waals surface area contributed by atoms with Gasteiger partial charge in [-0.1, -0.05) is 0 Å². The summed E-state index contributed by atoms with van der Waals surface area (Å²) in [5.74, 6) is 0.909. The zero-order valence-electron chi connectivity index (χ0n) is 15.6. The first kappa shape index (κ1) is 19.8. The molecule has 3 aromatic rings. The Balaban J connectivity index is 1.49. The number of aryl methyl sites for hydroxylation is 1. The van der Waals surface area contributed by atoms with Gasteiger partial charge < -0.3 is 4.57 Å². The van der Waals surface area contributed by atoms with Crippen molar-refractivity contribution >= 4 is 21.2 Å². The Bertz CT molecular complexity index is 1140. The summed E-state index contributed by atoms with van der Waals surface area (Å²) in [5, 5.41) is 0. The van der Waals surface area contributed by atoms with Gasteiger partial charge in [-0.2, -0.15) is 17.5 Å². The summed E-state index contributed by atoms with van der Waals surface area (Å²) in [4.78, 5) is 8.76. The molecule has 0 radical (unpaired) electrons. The van der Waals surface area contributed by atoms with E-state index in [9.17, 15) is 21.6 Å². The Morgan fingerprint density at radius 2 is 1.90 bits per heavy atom. The van der Waals surface area contributed by atoms with Crippen LogP contribution in [0.15, 0.2) is 47.5 Å². The van der Waals surface area contributed by atoms with Crippen molar-refractivity contribution in [3.05, 3.63) is 54.0 Å². The molecule has 1 saturated heterocycles. The molecular weight excluding hydrogens is 405 g/mol. The maximum atomic E-state index is 12.8. The summed E-state index contributed by atoms with van der Waals surface area (Å²) in [6.07, 6.45) is -1.54. The second-order valence-electron chi connectivity index (χ2n) is 7.18. The fourth-order valence-electron chi connectivity index (χ4n) is 3.66. The van der Waals surface area contributed by atoms with Crippen LogP contribution in [-0.2, 0) is 29.7 Å². The average Bonchev–Trinajstić information content (AvgIpc) is 3.27. The van der Waals surface area contributed by atoms with Gasteiger partial charge in [-0.3, -0.25) is 0 Å². The molecule has 4 rings (SSSR count). The van der Waals surface area contributed by atoms with E-state index >= 15 is 0 Å². The van der Waals surface area contributed by atoms with Gasteiger partial charge in [-0.25, -0.2) is 18.4 Å². The van der Waals surface area contributed by atoms with Crippen LogP contribution in [-0.4, -0.2) is 40.3 Å². The minimum atomic E-state index is -4.50. The zero-order chi connectivity index (χ0) is 20.8. The number of alkyl halides is 3. The number of hydrogen-bond donors (Lipinski definition) is 0. The predicted molar refractivity (Wildman–Crippen MR) is 101 cm³/mol. The van der Waals surface area contributed by atoms with Crippen LogP contribution in [0.2, 0.25) is 0 Å². The summed E-state index contributed by atoms with van der Waals surface area (Å²) in [7, 11) is -1.96. The summed E-state index contributed by atoms with van der Waals surface area (Å²) < 4.78 is 67.0. The molecule has 1 aromatic carbocycles. The van der Waals surface area contributed by atoms with Gasteiger partial charge in [-0.15, -0.1) is 0 Å². The Labute approximate surface area is 166 Å². The minimum absolute atomic E-state index is 0.0785. The van der Waals surface area contributed by atoms with Crippen molar-refractivity contribution in [2.45, 2.75) is 23.9 Å². The summed E-state index contributed by atoms with van der Waals surface area (Å²) in [5.41, 5.74) is 0.693. The molecule has 0 amide bonds. The van der Waals surface area contributed by atoms with E-state index in [1.807, 2.05) is 23.7 Å². The monoisotopic (exact) mass is 424 g/mol. The largest absolute Gasteiger partial charge is 0.416 e. The lowest BCUT2D eigenvalue weighted by Gasteiger charge is -2.17. The van der Waals surface area contributed by atoms with Crippen LogP contribution >= 0.6 is 0 Å². The van der Waals surface area contributed by atoms with E-state index in [2.05, 4.69) is 9.97 Å². The van der Waals surface area contributed by atoms with Crippen molar-refractivity contribution in [3.63, 3.8) is 0 Å². The molecule has 0 spiro atoms. The summed E-state index contributed by atoms with van der Waals surface area (Å²) >= 11 is 0. The lowest BCUT2D eigenvalue weighted by Crippen LogP contribution is -2.29. The molecule has 3 heterocycles. The maximum absolute atomic E-state index is 12.8. The van der Waals surface area contributed by atoms with E-state index in [1.54, 1.807) is 6.20 Å². The number of halogens is 3. The van der Waals surface area contributed by atoms with Crippen LogP contribution in [0, 0.1) is 5.92 Å². The van der Waals surface area contributed by atoms with E-state index in [4.69, 9.17) is 0 Å². The second kappa shape index (κ2) is 7.10. The van der Waals surface area contributed by atoms with E-state index in [1.165, 1.54) is 4.31 Å². The molecule has 0 bridgehead atoms. The fraction of sp³-hybridized carbons (Fsp3) is 0.368. The van der Waals surface area contributed by atoms with Gasteiger partial charge in [0.15, 0.2) is 5.65 Å². The predicted octanol–water partition coefficient (Wildman–Crippen LogP) is 3.24. The highest BCUT2D eigenvalue weighted by Gasteiger charge is 2.35. The molecule has 154 valence electrons. The van der Waals surface area contributed by atoms with E-state index < -0.39 is 21.8 Å². The number of imidazole rings is 1. The lowest BCUT2D eigenvalue weighted by atomic mass is 10.1. The number of pyridine rings is 1. The van der Waals surface area contributed by atoms with E-state index in [-0.39, 0.29) is 10.8 Å². The molecule has 29 heavy (non-hydrogen) atoms. The summed E-state index contributed by atoms with van der Waals surface area (Å²) in [6, 6.07) is 7.32. The number of rotatable bonds is 4. The van der Waals surface area contributed by atoms with Crippen LogP contribution in [0.5, 0.6) is 0 Å². The molecule has 1 atom stereocenters.